The van der Waals surface area contributed by atoms with Crippen LogP contribution in [0.15, 0.2) is 130 Å². The van der Waals surface area contributed by atoms with Crippen LogP contribution in [0.1, 0.15) is 44.5 Å². The summed E-state index contributed by atoms with van der Waals surface area (Å²) in [6.45, 7) is 0. The first-order chi connectivity index (χ1) is 23.4. The lowest BCUT2D eigenvalue weighted by atomic mass is 9.91. The van der Waals surface area contributed by atoms with Crippen molar-refractivity contribution >= 4 is 22.7 Å². The average molecular weight is 635 g/mol. The number of phenolic OH excluding ortho intramolecular Hbond substituents is 4. The molecule has 0 saturated carbocycles. The molecule has 2 heterocycles. The van der Waals surface area contributed by atoms with Gasteiger partial charge in [0.15, 0.2) is 0 Å². The molecule has 1 aliphatic rings. The summed E-state index contributed by atoms with van der Waals surface area (Å²) in [5.41, 5.74) is 6.76. The summed E-state index contributed by atoms with van der Waals surface area (Å²) in [5.74, 6) is 0.210. The second-order valence-corrected chi connectivity index (χ2v) is 11.6. The van der Waals surface area contributed by atoms with Crippen molar-refractivity contribution in [3.8, 4) is 23.0 Å². The summed E-state index contributed by atoms with van der Waals surface area (Å²) in [4.78, 5) is 8.04. The number of aromatic hydroxyl groups is 4. The van der Waals surface area contributed by atoms with E-state index in [1.807, 2.05) is 12.1 Å². The van der Waals surface area contributed by atoms with E-state index in [0.717, 1.165) is 0 Å². The molecule has 8 bridgehead atoms. The maximum Gasteiger partial charge on any atom is 0.122 e. The molecule has 0 radical (unpaired) electrons. The Morgan fingerprint density at radius 2 is 0.625 bits per heavy atom. The third-order valence-corrected chi connectivity index (χ3v) is 8.32. The van der Waals surface area contributed by atoms with E-state index in [2.05, 4.69) is 30.4 Å². The molecule has 0 unspecified atom stereocenters. The Balaban J connectivity index is 1.36. The molecule has 10 heteroatoms. The van der Waals surface area contributed by atoms with Gasteiger partial charge in [-0.3, -0.25) is 9.97 Å². The molecule has 0 amide bonds. The zero-order chi connectivity index (χ0) is 33.0. The van der Waals surface area contributed by atoms with Crippen LogP contribution in [-0.4, -0.2) is 30.4 Å². The van der Waals surface area contributed by atoms with Gasteiger partial charge in [-0.25, -0.2) is 0 Å². The van der Waals surface area contributed by atoms with E-state index >= 15 is 0 Å². The second-order valence-electron chi connectivity index (χ2n) is 11.6. The van der Waals surface area contributed by atoms with E-state index in [-0.39, 0.29) is 48.7 Å². The first-order valence-corrected chi connectivity index (χ1v) is 15.3. The minimum atomic E-state index is 0.0478. The Morgan fingerprint density at radius 1 is 0.354 bits per heavy atom. The van der Waals surface area contributed by atoms with E-state index in [9.17, 15) is 20.4 Å². The SMILES string of the molecule is Oc1c2cccc1Cc1cc(N=Nc3ccncc3)cc(c1O)Cc1cccc(c1O)Cc1cc(N=Nc3ccncc3)cc(c1O)C2. The van der Waals surface area contributed by atoms with Gasteiger partial charge >= 0.3 is 0 Å². The lowest BCUT2D eigenvalue weighted by Gasteiger charge is -2.17. The quantitative estimate of drug-likeness (QED) is 0.142. The predicted octanol–water partition coefficient (Wildman–Crippen LogP) is 8.81. The average Bonchev–Trinajstić information content (AvgIpc) is 3.10. The van der Waals surface area contributed by atoms with Gasteiger partial charge in [-0.2, -0.15) is 20.5 Å². The smallest absolute Gasteiger partial charge is 0.122 e. The highest BCUT2D eigenvalue weighted by atomic mass is 16.3. The number of benzene rings is 4. The van der Waals surface area contributed by atoms with Gasteiger partial charge in [0.1, 0.15) is 23.0 Å². The van der Waals surface area contributed by atoms with Crippen molar-refractivity contribution in [3.63, 3.8) is 0 Å². The van der Waals surface area contributed by atoms with Crippen LogP contribution in [0.3, 0.4) is 0 Å². The zero-order valence-corrected chi connectivity index (χ0v) is 25.7. The zero-order valence-electron chi connectivity index (χ0n) is 25.7. The van der Waals surface area contributed by atoms with Crippen molar-refractivity contribution in [2.45, 2.75) is 25.7 Å². The summed E-state index contributed by atoms with van der Waals surface area (Å²) >= 11 is 0. The first kappa shape index (κ1) is 30.2. The molecule has 6 aromatic rings. The van der Waals surface area contributed by atoms with Crippen LogP contribution in [0.2, 0.25) is 0 Å². The van der Waals surface area contributed by atoms with Crippen LogP contribution >= 0.6 is 0 Å². The molecule has 4 aromatic carbocycles. The molecule has 2 aromatic heterocycles. The van der Waals surface area contributed by atoms with Crippen LogP contribution in [0, 0.1) is 0 Å². The molecule has 10 nitrogen and oxygen atoms in total. The number of azo groups is 2. The van der Waals surface area contributed by atoms with Gasteiger partial charge in [0.05, 0.1) is 22.7 Å². The molecule has 1 aliphatic carbocycles. The monoisotopic (exact) mass is 634 g/mol. The number of hydrogen-bond donors (Lipinski definition) is 4. The van der Waals surface area contributed by atoms with Crippen molar-refractivity contribution < 1.29 is 20.4 Å². The van der Waals surface area contributed by atoms with Gasteiger partial charge < -0.3 is 20.4 Å². The fraction of sp³-hybridized carbons (Fsp3) is 0.105. The maximum atomic E-state index is 11.5. The van der Waals surface area contributed by atoms with Gasteiger partial charge in [-0.05, 0) is 70.8 Å². The van der Waals surface area contributed by atoms with Gasteiger partial charge in [0, 0.05) is 72.7 Å². The summed E-state index contributed by atoms with van der Waals surface area (Å²) < 4.78 is 0. The molecule has 236 valence electrons. The molecule has 0 aliphatic heterocycles. The highest BCUT2D eigenvalue weighted by molar-refractivity contribution is 5.60. The van der Waals surface area contributed by atoms with Crippen LogP contribution in [0.5, 0.6) is 23.0 Å². The van der Waals surface area contributed by atoms with E-state index in [1.54, 1.807) is 97.6 Å². The van der Waals surface area contributed by atoms with E-state index in [0.29, 0.717) is 67.3 Å². The molecule has 0 saturated heterocycles. The minimum absolute atomic E-state index is 0.0478. The normalized spacial score (nSPS) is 12.8. The molecule has 0 atom stereocenters. The summed E-state index contributed by atoms with van der Waals surface area (Å²) in [6.07, 6.45) is 7.30. The Kier molecular flexibility index (Phi) is 8.27. The summed E-state index contributed by atoms with van der Waals surface area (Å²) in [7, 11) is 0. The van der Waals surface area contributed by atoms with Crippen molar-refractivity contribution in [2.24, 2.45) is 20.5 Å². The van der Waals surface area contributed by atoms with Crippen molar-refractivity contribution in [3.05, 3.63) is 154 Å². The predicted molar refractivity (Wildman–Crippen MR) is 180 cm³/mol. The molecule has 4 N–H and O–H groups in total. The topological polar surface area (TPSA) is 156 Å². The van der Waals surface area contributed by atoms with Crippen molar-refractivity contribution in [1.29, 1.82) is 0 Å². The van der Waals surface area contributed by atoms with Gasteiger partial charge in [-0.15, -0.1) is 0 Å². The lowest BCUT2D eigenvalue weighted by molar-refractivity contribution is 0.450. The Bertz CT molecular complexity index is 1940. The highest BCUT2D eigenvalue weighted by Gasteiger charge is 2.20. The number of phenols is 4. The molecule has 0 spiro atoms. The van der Waals surface area contributed by atoms with Crippen molar-refractivity contribution in [1.82, 2.24) is 9.97 Å². The minimum Gasteiger partial charge on any atom is -0.507 e. The third-order valence-electron chi connectivity index (χ3n) is 8.32. The fourth-order valence-electron chi connectivity index (χ4n) is 5.87. The van der Waals surface area contributed by atoms with Crippen LogP contribution < -0.4 is 0 Å². The number of nitrogens with zero attached hydrogens (tertiary/aromatic N) is 6. The number of aromatic nitrogens is 2. The first-order valence-electron chi connectivity index (χ1n) is 15.3. The number of rotatable bonds is 4. The van der Waals surface area contributed by atoms with E-state index < -0.39 is 0 Å². The highest BCUT2D eigenvalue weighted by Crippen LogP contribution is 2.40. The van der Waals surface area contributed by atoms with Crippen LogP contribution in [0.4, 0.5) is 22.7 Å². The Labute approximate surface area is 276 Å². The summed E-state index contributed by atoms with van der Waals surface area (Å²) in [6, 6.07) is 24.8. The van der Waals surface area contributed by atoms with E-state index in [4.69, 9.17) is 0 Å². The van der Waals surface area contributed by atoms with Crippen molar-refractivity contribution in [2.75, 3.05) is 0 Å². The fourth-order valence-corrected chi connectivity index (χ4v) is 5.87. The molecular formula is C38H30N6O4. The standard InChI is InChI=1S/C38H30N6O4/c45-35-23-3-1-4-24(35)16-28-20-34(44-42-32-9-13-40-14-10-32)22-30(38(28)48)18-26-6-2-5-25(36(26)46)17-29-21-33(19-27(15-23)37(29)47)43-41-31-7-11-39-12-8-31/h1-14,19-22,45-48H,15-18H2. The Hall–Kier alpha value is -6.42. The number of fused-ring (bicyclic) bond motifs is 8. The summed E-state index contributed by atoms with van der Waals surface area (Å²) in [5, 5.41) is 63.6. The third kappa shape index (κ3) is 6.45. The number of pyridine rings is 2. The Morgan fingerprint density at radius 3 is 0.938 bits per heavy atom. The van der Waals surface area contributed by atoms with Gasteiger partial charge in [0.25, 0.3) is 0 Å². The van der Waals surface area contributed by atoms with E-state index in [1.165, 1.54) is 0 Å². The molecular weight excluding hydrogens is 604 g/mol. The van der Waals surface area contributed by atoms with Crippen LogP contribution in [-0.2, 0) is 25.7 Å². The molecule has 0 fully saturated rings. The van der Waals surface area contributed by atoms with Gasteiger partial charge in [0.2, 0.25) is 0 Å². The van der Waals surface area contributed by atoms with Crippen LogP contribution in [0.25, 0.3) is 0 Å². The number of para-hydroxylation sites is 2. The second kappa shape index (κ2) is 13.1. The maximum absolute atomic E-state index is 11.5. The largest absolute Gasteiger partial charge is 0.507 e. The number of hydrogen-bond acceptors (Lipinski definition) is 10. The van der Waals surface area contributed by atoms with Gasteiger partial charge in [-0.1, -0.05) is 36.4 Å². The molecule has 48 heavy (non-hydrogen) atoms. The lowest BCUT2D eigenvalue weighted by Crippen LogP contribution is -2.00. The molecule has 7 rings (SSSR count).